The van der Waals surface area contributed by atoms with Gasteiger partial charge in [0.25, 0.3) is 0 Å². The fourth-order valence-corrected chi connectivity index (χ4v) is 2.36. The van der Waals surface area contributed by atoms with Gasteiger partial charge >= 0.3 is 11.9 Å². The molecule has 144 valence electrons. The van der Waals surface area contributed by atoms with Crippen molar-refractivity contribution in [3.63, 3.8) is 0 Å². The molecule has 0 aliphatic rings. The summed E-state index contributed by atoms with van der Waals surface area (Å²) < 4.78 is 22.7. The number of ether oxygens (including phenoxy) is 2. The van der Waals surface area contributed by atoms with Crippen LogP contribution in [0.5, 0.6) is 11.5 Å². The second-order valence-corrected chi connectivity index (χ2v) is 5.70. The number of hydrogen-bond acceptors (Lipinski definition) is 7. The highest BCUT2D eigenvalue weighted by Crippen LogP contribution is 2.25. The number of esters is 2. The lowest BCUT2D eigenvalue weighted by Gasteiger charge is -2.17. The highest BCUT2D eigenvalue weighted by atomic mass is 19.1. The first kappa shape index (κ1) is 20.2. The van der Waals surface area contributed by atoms with Crippen LogP contribution in [0.4, 0.5) is 4.39 Å². The first-order valence-electron chi connectivity index (χ1n) is 8.15. The Hall–Kier alpha value is -3.13. The van der Waals surface area contributed by atoms with Crippen molar-refractivity contribution < 1.29 is 33.7 Å². The first-order chi connectivity index (χ1) is 12.9. The van der Waals surface area contributed by atoms with Gasteiger partial charge in [0.15, 0.2) is 11.5 Å². The standard InChI is InChI=1S/C19H20FNO6/c1-26-19(25)15(10-12-2-7-16(22)17(23)11-12)21-8-9-27-18(24)13-3-5-14(20)6-4-13/h2-7,11,15,21-23H,8-10H2,1H3/t15-/m0/s1. The number of carbonyl (C=O) groups excluding carboxylic acids is 2. The molecule has 0 saturated carbocycles. The molecule has 7 nitrogen and oxygen atoms in total. The van der Waals surface area contributed by atoms with Crippen LogP contribution in [0.3, 0.4) is 0 Å². The maximum absolute atomic E-state index is 12.8. The van der Waals surface area contributed by atoms with E-state index in [0.29, 0.717) is 5.56 Å². The lowest BCUT2D eigenvalue weighted by atomic mass is 10.1. The van der Waals surface area contributed by atoms with Crippen molar-refractivity contribution in [3.05, 3.63) is 59.4 Å². The van der Waals surface area contributed by atoms with E-state index in [-0.39, 0.29) is 36.6 Å². The number of phenols is 2. The molecule has 0 saturated heterocycles. The molecular weight excluding hydrogens is 357 g/mol. The van der Waals surface area contributed by atoms with Crippen molar-refractivity contribution in [1.82, 2.24) is 5.32 Å². The summed E-state index contributed by atoms with van der Waals surface area (Å²) in [5.41, 5.74) is 0.831. The Balaban J connectivity index is 1.87. The minimum atomic E-state index is -0.733. The van der Waals surface area contributed by atoms with Crippen molar-refractivity contribution in [2.45, 2.75) is 12.5 Å². The summed E-state index contributed by atoms with van der Waals surface area (Å²) in [4.78, 5) is 23.7. The number of halogens is 1. The van der Waals surface area contributed by atoms with Crippen LogP contribution in [0, 0.1) is 5.82 Å². The molecule has 2 aromatic carbocycles. The van der Waals surface area contributed by atoms with Gasteiger partial charge in [-0.15, -0.1) is 0 Å². The summed E-state index contributed by atoms with van der Waals surface area (Å²) in [6, 6.07) is 8.47. The zero-order valence-electron chi connectivity index (χ0n) is 14.6. The second-order valence-electron chi connectivity index (χ2n) is 5.70. The molecule has 0 radical (unpaired) electrons. The van der Waals surface area contributed by atoms with Crippen LogP contribution in [0.2, 0.25) is 0 Å². The molecule has 3 N–H and O–H groups in total. The third-order valence-corrected chi connectivity index (χ3v) is 3.77. The van der Waals surface area contributed by atoms with E-state index < -0.39 is 23.8 Å². The number of rotatable bonds is 8. The summed E-state index contributed by atoms with van der Waals surface area (Å²) in [5, 5.41) is 21.8. The van der Waals surface area contributed by atoms with Crippen LogP contribution < -0.4 is 5.32 Å². The van der Waals surface area contributed by atoms with E-state index in [2.05, 4.69) is 5.32 Å². The summed E-state index contributed by atoms with van der Waals surface area (Å²) in [5.74, 6) is -2.12. The van der Waals surface area contributed by atoms with Crippen LogP contribution in [0.25, 0.3) is 0 Å². The van der Waals surface area contributed by atoms with Crippen LogP contribution in [0.1, 0.15) is 15.9 Å². The monoisotopic (exact) mass is 377 g/mol. The fraction of sp³-hybridized carbons (Fsp3) is 0.263. The molecule has 0 heterocycles. The van der Waals surface area contributed by atoms with Gasteiger partial charge in [-0.1, -0.05) is 6.07 Å². The molecule has 2 rings (SSSR count). The second kappa shape index (κ2) is 9.54. The minimum absolute atomic E-state index is 0.00939. The van der Waals surface area contributed by atoms with Gasteiger partial charge in [-0.2, -0.15) is 0 Å². The summed E-state index contributed by atoms with van der Waals surface area (Å²) >= 11 is 0. The zero-order valence-corrected chi connectivity index (χ0v) is 14.6. The smallest absolute Gasteiger partial charge is 0.338 e. The Bertz CT molecular complexity index is 793. The van der Waals surface area contributed by atoms with Gasteiger partial charge in [-0.25, -0.2) is 9.18 Å². The predicted molar refractivity (Wildman–Crippen MR) is 94.0 cm³/mol. The maximum atomic E-state index is 12.8. The highest BCUT2D eigenvalue weighted by Gasteiger charge is 2.20. The molecule has 0 amide bonds. The Morgan fingerprint density at radius 2 is 1.81 bits per heavy atom. The number of carbonyl (C=O) groups is 2. The number of aromatic hydroxyl groups is 2. The summed E-state index contributed by atoms with van der Waals surface area (Å²) in [6.07, 6.45) is 0.201. The van der Waals surface area contributed by atoms with Crippen molar-refractivity contribution in [3.8, 4) is 11.5 Å². The maximum Gasteiger partial charge on any atom is 0.338 e. The number of phenolic OH excluding ortho intramolecular Hbond substituents is 2. The van der Waals surface area contributed by atoms with Gasteiger partial charge in [0.1, 0.15) is 18.5 Å². The molecule has 0 aromatic heterocycles. The lowest BCUT2D eigenvalue weighted by Crippen LogP contribution is -2.41. The SMILES string of the molecule is COC(=O)[C@H](Cc1ccc(O)c(O)c1)NCCOC(=O)c1ccc(F)cc1. The van der Waals surface area contributed by atoms with Crippen LogP contribution in [-0.2, 0) is 20.7 Å². The number of methoxy groups -OCH3 is 1. The first-order valence-corrected chi connectivity index (χ1v) is 8.15. The van der Waals surface area contributed by atoms with E-state index in [1.165, 1.54) is 31.4 Å². The molecule has 0 aliphatic carbocycles. The van der Waals surface area contributed by atoms with Gasteiger partial charge in [0.05, 0.1) is 12.7 Å². The van der Waals surface area contributed by atoms with Gasteiger partial charge in [-0.05, 0) is 48.4 Å². The number of hydrogen-bond donors (Lipinski definition) is 3. The molecule has 0 bridgehead atoms. The van der Waals surface area contributed by atoms with Crippen molar-refractivity contribution in [1.29, 1.82) is 0 Å². The molecule has 0 aliphatic heterocycles. The molecule has 8 heteroatoms. The lowest BCUT2D eigenvalue weighted by molar-refractivity contribution is -0.143. The average molecular weight is 377 g/mol. The van der Waals surface area contributed by atoms with Gasteiger partial charge in [0.2, 0.25) is 0 Å². The van der Waals surface area contributed by atoms with Gasteiger partial charge in [-0.3, -0.25) is 4.79 Å². The van der Waals surface area contributed by atoms with E-state index in [1.54, 1.807) is 6.07 Å². The van der Waals surface area contributed by atoms with Crippen LogP contribution >= 0.6 is 0 Å². The number of benzene rings is 2. The Morgan fingerprint density at radius 1 is 1.11 bits per heavy atom. The van der Waals surface area contributed by atoms with Gasteiger partial charge < -0.3 is 25.0 Å². The van der Waals surface area contributed by atoms with Crippen LogP contribution in [0.15, 0.2) is 42.5 Å². The van der Waals surface area contributed by atoms with Crippen molar-refractivity contribution in [2.75, 3.05) is 20.3 Å². The van der Waals surface area contributed by atoms with E-state index in [9.17, 15) is 24.2 Å². The fourth-order valence-electron chi connectivity index (χ4n) is 2.36. The molecule has 2 aromatic rings. The summed E-state index contributed by atoms with van der Waals surface area (Å²) in [6.45, 7) is 0.168. The zero-order chi connectivity index (χ0) is 19.8. The number of nitrogens with one attached hydrogen (secondary N) is 1. The predicted octanol–water partition coefficient (Wildman–Crippen LogP) is 1.77. The highest BCUT2D eigenvalue weighted by molar-refractivity contribution is 5.89. The molecule has 1 atom stereocenters. The normalized spacial score (nSPS) is 11.6. The summed E-state index contributed by atoms with van der Waals surface area (Å²) in [7, 11) is 1.25. The van der Waals surface area contributed by atoms with E-state index in [4.69, 9.17) is 9.47 Å². The average Bonchev–Trinajstić information content (AvgIpc) is 2.66. The molecule has 0 spiro atoms. The van der Waals surface area contributed by atoms with Crippen molar-refractivity contribution >= 4 is 11.9 Å². The van der Waals surface area contributed by atoms with Gasteiger partial charge in [0, 0.05) is 6.54 Å². The third-order valence-electron chi connectivity index (χ3n) is 3.77. The minimum Gasteiger partial charge on any atom is -0.504 e. The third kappa shape index (κ3) is 5.96. The van der Waals surface area contributed by atoms with Crippen LogP contribution in [-0.4, -0.2) is 48.5 Å². The van der Waals surface area contributed by atoms with Crippen molar-refractivity contribution in [2.24, 2.45) is 0 Å². The molecule has 0 fully saturated rings. The van der Waals surface area contributed by atoms with E-state index in [1.807, 2.05) is 0 Å². The molecular formula is C19H20FNO6. The Kier molecular flexibility index (Phi) is 7.13. The molecule has 0 unspecified atom stereocenters. The van der Waals surface area contributed by atoms with E-state index >= 15 is 0 Å². The quantitative estimate of drug-likeness (QED) is 0.366. The topological polar surface area (TPSA) is 105 Å². The Labute approximate surface area is 155 Å². The molecule has 27 heavy (non-hydrogen) atoms. The Morgan fingerprint density at radius 3 is 2.44 bits per heavy atom. The largest absolute Gasteiger partial charge is 0.504 e. The van der Waals surface area contributed by atoms with E-state index in [0.717, 1.165) is 12.1 Å².